The van der Waals surface area contributed by atoms with Crippen molar-refractivity contribution in [1.82, 2.24) is 0 Å². The fraction of sp³-hybridized carbons (Fsp3) is 0.208. The molecule has 30 heavy (non-hydrogen) atoms. The lowest BCUT2D eigenvalue weighted by Crippen LogP contribution is -2.15. The van der Waals surface area contributed by atoms with Gasteiger partial charge in [-0.15, -0.1) is 0 Å². The zero-order chi connectivity index (χ0) is 22.1. The highest BCUT2D eigenvalue weighted by Gasteiger charge is 2.29. The number of aryl methyl sites for hydroxylation is 1. The first-order chi connectivity index (χ1) is 14.1. The molecule has 3 aromatic carbocycles. The average Bonchev–Trinajstić information content (AvgIpc) is 2.70. The molecule has 0 bridgehead atoms. The van der Waals surface area contributed by atoms with Crippen LogP contribution < -0.4 is 5.32 Å². The van der Waals surface area contributed by atoms with Crippen LogP contribution in [0.4, 0.5) is 5.69 Å². The van der Waals surface area contributed by atoms with Crippen molar-refractivity contribution in [3.8, 4) is 5.75 Å². The summed E-state index contributed by atoms with van der Waals surface area (Å²) in [6.45, 7) is 7.17. The maximum Gasteiger partial charge on any atom is 0.255 e. The van der Waals surface area contributed by atoms with Crippen molar-refractivity contribution in [1.29, 1.82) is 0 Å². The van der Waals surface area contributed by atoms with Gasteiger partial charge in [-0.2, -0.15) is 0 Å². The van der Waals surface area contributed by atoms with Crippen LogP contribution in [0.3, 0.4) is 0 Å². The van der Waals surface area contributed by atoms with Gasteiger partial charge in [0, 0.05) is 11.3 Å². The second kappa shape index (κ2) is 8.32. The summed E-state index contributed by atoms with van der Waals surface area (Å²) in [5.74, 6) is -0.775. The van der Waals surface area contributed by atoms with E-state index in [0.717, 1.165) is 5.56 Å². The van der Waals surface area contributed by atoms with Crippen LogP contribution in [0.1, 0.15) is 46.8 Å². The minimum absolute atomic E-state index is 0.0905. The van der Waals surface area contributed by atoms with E-state index in [4.69, 9.17) is 0 Å². The Morgan fingerprint density at radius 1 is 0.967 bits per heavy atom. The van der Waals surface area contributed by atoms with Crippen molar-refractivity contribution < 1.29 is 18.3 Å². The molecule has 0 aliphatic carbocycles. The summed E-state index contributed by atoms with van der Waals surface area (Å²) >= 11 is 0. The molecule has 0 heterocycles. The highest BCUT2D eigenvalue weighted by atomic mass is 32.2. The van der Waals surface area contributed by atoms with Crippen LogP contribution in [-0.2, 0) is 9.84 Å². The molecule has 0 saturated heterocycles. The number of anilines is 1. The Kier molecular flexibility index (Phi) is 5.99. The van der Waals surface area contributed by atoms with Crippen LogP contribution in [0, 0.1) is 13.8 Å². The van der Waals surface area contributed by atoms with Crippen molar-refractivity contribution in [3.05, 3.63) is 82.9 Å². The molecule has 0 aliphatic heterocycles. The molecule has 0 spiro atoms. The van der Waals surface area contributed by atoms with Crippen molar-refractivity contribution in [3.63, 3.8) is 0 Å². The molecule has 156 valence electrons. The third kappa shape index (κ3) is 4.09. The van der Waals surface area contributed by atoms with E-state index in [-0.39, 0.29) is 27.4 Å². The van der Waals surface area contributed by atoms with E-state index >= 15 is 0 Å². The van der Waals surface area contributed by atoms with Gasteiger partial charge in [-0.25, -0.2) is 8.42 Å². The Hall–Kier alpha value is -3.12. The van der Waals surface area contributed by atoms with Crippen LogP contribution in [-0.4, -0.2) is 19.4 Å². The first kappa shape index (κ1) is 21.6. The standard InChI is InChI=1S/C24H25NO4S/c1-15(2)20-14-21(25-24(27)18-8-6-5-7-9-18)17(4)23(22(20)26)30(28,29)19-12-10-16(3)11-13-19/h5-15,26H,1-4H3,(H,25,27). The summed E-state index contributed by atoms with van der Waals surface area (Å²) in [5, 5.41) is 13.7. The highest BCUT2D eigenvalue weighted by molar-refractivity contribution is 7.91. The van der Waals surface area contributed by atoms with Gasteiger partial charge in [0.25, 0.3) is 5.91 Å². The number of phenols is 1. The van der Waals surface area contributed by atoms with Crippen LogP contribution in [0.5, 0.6) is 5.75 Å². The quantitative estimate of drug-likeness (QED) is 0.551. The molecule has 0 saturated carbocycles. The maximum atomic E-state index is 13.4. The van der Waals surface area contributed by atoms with E-state index in [1.54, 1.807) is 49.4 Å². The summed E-state index contributed by atoms with van der Waals surface area (Å²) in [5.41, 5.74) is 2.49. The Morgan fingerprint density at radius 3 is 2.13 bits per heavy atom. The van der Waals surface area contributed by atoms with E-state index in [0.29, 0.717) is 22.4 Å². The molecule has 0 fully saturated rings. The minimum atomic E-state index is -4.00. The molecule has 6 heteroatoms. The fourth-order valence-corrected chi connectivity index (χ4v) is 4.90. The van der Waals surface area contributed by atoms with Crippen LogP contribution in [0.15, 0.2) is 70.5 Å². The number of carbonyl (C=O) groups excluding carboxylic acids is 1. The lowest BCUT2D eigenvalue weighted by Gasteiger charge is -2.20. The first-order valence-corrected chi connectivity index (χ1v) is 11.2. The smallest absolute Gasteiger partial charge is 0.255 e. The van der Waals surface area contributed by atoms with E-state index in [1.807, 2.05) is 26.8 Å². The van der Waals surface area contributed by atoms with E-state index in [1.165, 1.54) is 12.1 Å². The normalized spacial score (nSPS) is 11.5. The van der Waals surface area contributed by atoms with Crippen LogP contribution in [0.2, 0.25) is 0 Å². The van der Waals surface area contributed by atoms with E-state index < -0.39 is 9.84 Å². The third-order valence-electron chi connectivity index (χ3n) is 5.04. The molecule has 0 atom stereocenters. The third-order valence-corrected chi connectivity index (χ3v) is 6.97. The van der Waals surface area contributed by atoms with Crippen molar-refractivity contribution in [2.45, 2.75) is 43.4 Å². The average molecular weight is 424 g/mol. The van der Waals surface area contributed by atoms with Crippen molar-refractivity contribution in [2.24, 2.45) is 0 Å². The van der Waals surface area contributed by atoms with Crippen molar-refractivity contribution >= 4 is 21.4 Å². The summed E-state index contributed by atoms with van der Waals surface area (Å²) in [6, 6.07) is 16.8. The topological polar surface area (TPSA) is 83.5 Å². The van der Waals surface area contributed by atoms with Gasteiger partial charge in [-0.3, -0.25) is 4.79 Å². The zero-order valence-corrected chi connectivity index (χ0v) is 18.2. The van der Waals surface area contributed by atoms with Crippen molar-refractivity contribution in [2.75, 3.05) is 5.32 Å². The number of carbonyl (C=O) groups is 1. The second-order valence-corrected chi connectivity index (χ2v) is 9.49. The predicted octanol–water partition coefficient (Wildman–Crippen LogP) is 5.22. The number of phenolic OH excluding ortho intramolecular Hbond substituents is 1. The van der Waals surface area contributed by atoms with Gasteiger partial charge >= 0.3 is 0 Å². The number of nitrogens with one attached hydrogen (secondary N) is 1. The Labute approximate surface area is 177 Å². The van der Waals surface area contributed by atoms with Gasteiger partial charge in [-0.1, -0.05) is 49.7 Å². The number of sulfone groups is 1. The first-order valence-electron chi connectivity index (χ1n) is 9.67. The Morgan fingerprint density at radius 2 is 1.57 bits per heavy atom. The van der Waals surface area contributed by atoms with Gasteiger partial charge in [0.05, 0.1) is 4.90 Å². The maximum absolute atomic E-state index is 13.4. The number of hydrogen-bond donors (Lipinski definition) is 2. The van der Waals surface area contributed by atoms with Crippen LogP contribution in [0.25, 0.3) is 0 Å². The molecule has 0 unspecified atom stereocenters. The minimum Gasteiger partial charge on any atom is -0.506 e. The molecule has 5 nitrogen and oxygen atoms in total. The molecule has 3 aromatic rings. The Balaban J connectivity index is 2.18. The molecule has 0 aromatic heterocycles. The fourth-order valence-electron chi connectivity index (χ4n) is 3.28. The molecule has 3 rings (SSSR count). The second-order valence-electron chi connectivity index (χ2n) is 7.61. The largest absolute Gasteiger partial charge is 0.506 e. The molecular weight excluding hydrogens is 398 g/mol. The number of hydrogen-bond acceptors (Lipinski definition) is 4. The number of benzene rings is 3. The van der Waals surface area contributed by atoms with Gasteiger partial charge in [0.15, 0.2) is 0 Å². The number of amides is 1. The SMILES string of the molecule is Cc1ccc(S(=O)(=O)c2c(C)c(NC(=O)c3ccccc3)cc(C(C)C)c2O)cc1. The van der Waals surface area contributed by atoms with E-state index in [2.05, 4.69) is 5.32 Å². The van der Waals surface area contributed by atoms with E-state index in [9.17, 15) is 18.3 Å². The number of rotatable bonds is 5. The number of aromatic hydroxyl groups is 1. The summed E-state index contributed by atoms with van der Waals surface area (Å²) in [6.07, 6.45) is 0. The van der Waals surface area contributed by atoms with Gasteiger partial charge in [0.1, 0.15) is 10.6 Å². The van der Waals surface area contributed by atoms with Gasteiger partial charge < -0.3 is 10.4 Å². The molecule has 2 N–H and O–H groups in total. The summed E-state index contributed by atoms with van der Waals surface area (Å²) in [7, 11) is -4.00. The van der Waals surface area contributed by atoms with Gasteiger partial charge in [-0.05, 0) is 61.2 Å². The monoisotopic (exact) mass is 423 g/mol. The molecular formula is C24H25NO4S. The Bertz CT molecular complexity index is 1180. The summed E-state index contributed by atoms with van der Waals surface area (Å²) < 4.78 is 26.8. The lowest BCUT2D eigenvalue weighted by molar-refractivity contribution is 0.102. The lowest BCUT2D eigenvalue weighted by atomic mass is 9.99. The predicted molar refractivity (Wildman–Crippen MR) is 118 cm³/mol. The molecule has 1 amide bonds. The van der Waals surface area contributed by atoms with Crippen LogP contribution >= 0.6 is 0 Å². The zero-order valence-electron chi connectivity index (χ0n) is 17.4. The summed E-state index contributed by atoms with van der Waals surface area (Å²) in [4.78, 5) is 12.6. The molecule has 0 aliphatic rings. The highest BCUT2D eigenvalue weighted by Crippen LogP contribution is 2.41. The van der Waals surface area contributed by atoms with Gasteiger partial charge in [0.2, 0.25) is 9.84 Å². The molecule has 0 radical (unpaired) electrons.